The van der Waals surface area contributed by atoms with Crippen molar-refractivity contribution in [3.63, 3.8) is 0 Å². The molecule has 2 aliphatic carbocycles. The van der Waals surface area contributed by atoms with Gasteiger partial charge in [0.05, 0.1) is 0 Å². The Morgan fingerprint density at radius 2 is 1.59 bits per heavy atom. The highest BCUT2D eigenvalue weighted by Gasteiger charge is 2.31. The van der Waals surface area contributed by atoms with E-state index in [-0.39, 0.29) is 11.6 Å². The molecule has 0 saturated heterocycles. The number of benzene rings is 2. The van der Waals surface area contributed by atoms with Crippen LogP contribution in [0.1, 0.15) is 56.7 Å². The molecule has 0 bridgehead atoms. The zero-order chi connectivity index (χ0) is 15.1. The normalized spacial score (nSPS) is 17.5. The lowest BCUT2D eigenvalue weighted by atomic mass is 9.80. The van der Waals surface area contributed by atoms with Crippen LogP contribution < -0.4 is 0 Å². The van der Waals surface area contributed by atoms with Crippen molar-refractivity contribution < 1.29 is 9.59 Å². The number of carbonyl (C=O) groups is 2. The summed E-state index contributed by atoms with van der Waals surface area (Å²) in [6, 6.07) is 12.8. The summed E-state index contributed by atoms with van der Waals surface area (Å²) in [5.74, 6) is 0.507. The second kappa shape index (κ2) is 5.20. The summed E-state index contributed by atoms with van der Waals surface area (Å²) in [6.45, 7) is 0. The van der Waals surface area contributed by atoms with Crippen LogP contribution in [0, 0.1) is 12.3 Å². The quantitative estimate of drug-likeness (QED) is 0.714. The third-order valence-electron chi connectivity index (χ3n) is 4.80. The van der Waals surface area contributed by atoms with E-state index in [0.717, 1.165) is 18.4 Å². The summed E-state index contributed by atoms with van der Waals surface area (Å²) in [5.41, 5.74) is 3.30. The molecule has 2 aromatic carbocycles. The predicted octanol–water partition coefficient (Wildman–Crippen LogP) is 4.01. The number of hydrogen-bond donors (Lipinski definition) is 0. The summed E-state index contributed by atoms with van der Waals surface area (Å²) < 4.78 is 0. The van der Waals surface area contributed by atoms with Crippen molar-refractivity contribution in [3.8, 4) is 0 Å². The first-order valence-electron chi connectivity index (χ1n) is 7.89. The standard InChI is InChI=1S/C20H17O2/c21-19-15-9-3-4-10-16(15)20(22)18-14(8-5-11-17(18)19)12-13-6-1-2-7-13/h3-6,8-11,13H,1-2,7,12H2. The Morgan fingerprint density at radius 1 is 0.864 bits per heavy atom. The molecule has 2 aliphatic rings. The van der Waals surface area contributed by atoms with Crippen LogP contribution in [-0.2, 0) is 6.42 Å². The molecule has 1 radical (unpaired) electrons. The van der Waals surface area contributed by atoms with E-state index in [1.54, 1.807) is 18.2 Å². The number of ketones is 2. The molecule has 2 heteroatoms. The smallest absolute Gasteiger partial charge is 0.194 e. The highest BCUT2D eigenvalue weighted by molar-refractivity contribution is 6.28. The molecule has 0 aromatic heterocycles. The van der Waals surface area contributed by atoms with E-state index < -0.39 is 0 Å². The van der Waals surface area contributed by atoms with Crippen LogP contribution in [-0.4, -0.2) is 11.6 Å². The topological polar surface area (TPSA) is 34.1 Å². The molecule has 4 rings (SSSR count). The van der Waals surface area contributed by atoms with Crippen LogP contribution in [0.3, 0.4) is 0 Å². The second-order valence-electron chi connectivity index (χ2n) is 6.17. The van der Waals surface area contributed by atoms with Crippen LogP contribution in [0.25, 0.3) is 0 Å². The lowest BCUT2D eigenvalue weighted by Crippen LogP contribution is -2.23. The molecule has 1 unspecified atom stereocenters. The van der Waals surface area contributed by atoms with Crippen molar-refractivity contribution in [2.75, 3.05) is 0 Å². The van der Waals surface area contributed by atoms with E-state index in [1.807, 2.05) is 24.3 Å². The summed E-state index contributed by atoms with van der Waals surface area (Å²) in [4.78, 5) is 25.6. The van der Waals surface area contributed by atoms with E-state index in [2.05, 4.69) is 6.42 Å². The first kappa shape index (κ1) is 13.4. The first-order valence-corrected chi connectivity index (χ1v) is 7.89. The molecule has 1 atom stereocenters. The third kappa shape index (κ3) is 2.02. The Kier molecular flexibility index (Phi) is 3.18. The molecule has 22 heavy (non-hydrogen) atoms. The average Bonchev–Trinajstić information content (AvgIpc) is 3.05. The van der Waals surface area contributed by atoms with E-state index >= 15 is 0 Å². The molecule has 0 amide bonds. The van der Waals surface area contributed by atoms with E-state index in [4.69, 9.17) is 0 Å². The molecule has 1 saturated carbocycles. The lowest BCUT2D eigenvalue weighted by molar-refractivity contribution is 0.0978. The second-order valence-corrected chi connectivity index (χ2v) is 6.17. The van der Waals surface area contributed by atoms with Crippen LogP contribution in [0.15, 0.2) is 42.5 Å². The maximum atomic E-state index is 12.9. The molecule has 1 fully saturated rings. The molecule has 0 N–H and O–H groups in total. The Balaban J connectivity index is 1.82. The van der Waals surface area contributed by atoms with Gasteiger partial charge >= 0.3 is 0 Å². The van der Waals surface area contributed by atoms with Crippen molar-refractivity contribution in [1.82, 2.24) is 0 Å². The van der Waals surface area contributed by atoms with Gasteiger partial charge in [0, 0.05) is 22.3 Å². The maximum Gasteiger partial charge on any atom is 0.194 e. The molecule has 0 aliphatic heterocycles. The molecule has 0 heterocycles. The van der Waals surface area contributed by atoms with Crippen molar-refractivity contribution in [1.29, 1.82) is 0 Å². The van der Waals surface area contributed by atoms with Gasteiger partial charge in [-0.1, -0.05) is 48.9 Å². The van der Waals surface area contributed by atoms with Crippen molar-refractivity contribution in [3.05, 3.63) is 76.7 Å². The van der Waals surface area contributed by atoms with Gasteiger partial charge in [-0.3, -0.25) is 9.59 Å². The minimum Gasteiger partial charge on any atom is -0.289 e. The number of hydrogen-bond acceptors (Lipinski definition) is 2. The van der Waals surface area contributed by atoms with Crippen LogP contribution in [0.5, 0.6) is 0 Å². The molecule has 2 nitrogen and oxygen atoms in total. The highest BCUT2D eigenvalue weighted by atomic mass is 16.1. The monoisotopic (exact) mass is 289 g/mol. The molecular weight excluding hydrogens is 272 g/mol. The lowest BCUT2D eigenvalue weighted by Gasteiger charge is -2.21. The van der Waals surface area contributed by atoms with Gasteiger partial charge in [-0.2, -0.15) is 0 Å². The van der Waals surface area contributed by atoms with Gasteiger partial charge in [-0.15, -0.1) is 0 Å². The highest BCUT2D eigenvalue weighted by Crippen LogP contribution is 2.33. The van der Waals surface area contributed by atoms with Crippen LogP contribution in [0.2, 0.25) is 0 Å². The Labute approximate surface area is 130 Å². The van der Waals surface area contributed by atoms with Crippen LogP contribution in [0.4, 0.5) is 0 Å². The average molecular weight is 289 g/mol. The van der Waals surface area contributed by atoms with E-state index in [0.29, 0.717) is 28.2 Å². The van der Waals surface area contributed by atoms with Crippen molar-refractivity contribution in [2.24, 2.45) is 5.92 Å². The SMILES string of the molecule is O=C1c2ccccc2C(=O)c2c(CC3[CH]CCC3)cccc21. The van der Waals surface area contributed by atoms with Gasteiger partial charge in [-0.25, -0.2) is 0 Å². The van der Waals surface area contributed by atoms with Crippen LogP contribution >= 0.6 is 0 Å². The van der Waals surface area contributed by atoms with Gasteiger partial charge in [0.15, 0.2) is 11.6 Å². The Hall–Kier alpha value is -2.22. The molecule has 0 spiro atoms. The third-order valence-corrected chi connectivity index (χ3v) is 4.80. The molecule has 2 aromatic rings. The largest absolute Gasteiger partial charge is 0.289 e. The fourth-order valence-corrected chi connectivity index (χ4v) is 3.71. The first-order chi connectivity index (χ1) is 10.8. The summed E-state index contributed by atoms with van der Waals surface area (Å²) in [6.07, 6.45) is 6.79. The fourth-order valence-electron chi connectivity index (χ4n) is 3.71. The van der Waals surface area contributed by atoms with Crippen molar-refractivity contribution >= 4 is 11.6 Å². The number of carbonyl (C=O) groups excluding carboxylic acids is 2. The van der Waals surface area contributed by atoms with Gasteiger partial charge in [0.1, 0.15) is 0 Å². The molecule has 109 valence electrons. The number of rotatable bonds is 2. The van der Waals surface area contributed by atoms with E-state index in [1.165, 1.54) is 12.8 Å². The van der Waals surface area contributed by atoms with E-state index in [9.17, 15) is 9.59 Å². The van der Waals surface area contributed by atoms with Gasteiger partial charge in [-0.05, 0) is 37.2 Å². The fraction of sp³-hybridized carbons (Fsp3) is 0.250. The van der Waals surface area contributed by atoms with Crippen molar-refractivity contribution in [2.45, 2.75) is 25.7 Å². The maximum absolute atomic E-state index is 12.9. The summed E-state index contributed by atoms with van der Waals surface area (Å²) in [5, 5.41) is 0. The molecular formula is C20H17O2. The van der Waals surface area contributed by atoms with Gasteiger partial charge in [0.25, 0.3) is 0 Å². The minimum absolute atomic E-state index is 0.00111. The van der Waals surface area contributed by atoms with Gasteiger partial charge < -0.3 is 0 Å². The number of fused-ring (bicyclic) bond motifs is 2. The Bertz CT molecular complexity index is 767. The predicted molar refractivity (Wildman–Crippen MR) is 85.1 cm³/mol. The zero-order valence-electron chi connectivity index (χ0n) is 12.3. The van der Waals surface area contributed by atoms with Gasteiger partial charge in [0.2, 0.25) is 0 Å². The summed E-state index contributed by atoms with van der Waals surface area (Å²) >= 11 is 0. The summed E-state index contributed by atoms with van der Waals surface area (Å²) in [7, 11) is 0. The Morgan fingerprint density at radius 3 is 2.32 bits per heavy atom. The minimum atomic E-state index is -0.0255. The zero-order valence-corrected chi connectivity index (χ0v) is 12.3.